The molecule has 27 heavy (non-hydrogen) atoms. The molecule has 138 valence electrons. The molecule has 3 rings (SSSR count). The number of non-ortho nitro benzene ring substituents is 1. The SMILES string of the molecule is CCn1c(Sc2ccc([N+](=O)[O-])cc2C(C)=O)nnc1-c1ccc(Cl)cc1. The maximum absolute atomic E-state index is 12.0. The van der Waals surface area contributed by atoms with E-state index in [1.54, 1.807) is 18.2 Å². The summed E-state index contributed by atoms with van der Waals surface area (Å²) in [5.41, 5.74) is 1.03. The summed E-state index contributed by atoms with van der Waals surface area (Å²) in [5.74, 6) is 0.435. The third kappa shape index (κ3) is 4.01. The maximum Gasteiger partial charge on any atom is 0.270 e. The van der Waals surface area contributed by atoms with Gasteiger partial charge in [0.25, 0.3) is 5.69 Å². The van der Waals surface area contributed by atoms with E-state index in [1.165, 1.54) is 30.8 Å². The Hall–Kier alpha value is -2.71. The van der Waals surface area contributed by atoms with Gasteiger partial charge in [-0.05, 0) is 55.9 Å². The molecule has 7 nitrogen and oxygen atoms in total. The smallest absolute Gasteiger partial charge is 0.270 e. The Morgan fingerprint density at radius 2 is 1.93 bits per heavy atom. The van der Waals surface area contributed by atoms with Crippen molar-refractivity contribution in [2.75, 3.05) is 0 Å². The van der Waals surface area contributed by atoms with Crippen LogP contribution in [0.5, 0.6) is 0 Å². The van der Waals surface area contributed by atoms with Crippen molar-refractivity contribution >= 4 is 34.8 Å². The van der Waals surface area contributed by atoms with Crippen LogP contribution in [0.2, 0.25) is 5.02 Å². The first-order chi connectivity index (χ1) is 12.9. The Kier molecular flexibility index (Phi) is 5.57. The molecule has 0 aliphatic rings. The second-order valence-corrected chi connectivity index (χ2v) is 7.10. The summed E-state index contributed by atoms with van der Waals surface area (Å²) in [6, 6.07) is 11.5. The van der Waals surface area contributed by atoms with E-state index in [-0.39, 0.29) is 17.0 Å². The highest BCUT2D eigenvalue weighted by Gasteiger charge is 2.19. The minimum Gasteiger partial charge on any atom is -0.302 e. The predicted molar refractivity (Wildman–Crippen MR) is 103 cm³/mol. The van der Waals surface area contributed by atoms with Crippen molar-refractivity contribution in [1.29, 1.82) is 0 Å². The molecule has 1 heterocycles. The largest absolute Gasteiger partial charge is 0.302 e. The van der Waals surface area contributed by atoms with Crippen molar-refractivity contribution < 1.29 is 9.72 Å². The van der Waals surface area contributed by atoms with Gasteiger partial charge in [-0.2, -0.15) is 0 Å². The molecule has 0 unspecified atom stereocenters. The van der Waals surface area contributed by atoms with Gasteiger partial charge in [0.2, 0.25) is 0 Å². The number of nitrogens with zero attached hydrogens (tertiary/aromatic N) is 4. The van der Waals surface area contributed by atoms with Gasteiger partial charge in [0.05, 0.1) is 4.92 Å². The van der Waals surface area contributed by atoms with E-state index >= 15 is 0 Å². The van der Waals surface area contributed by atoms with Gasteiger partial charge >= 0.3 is 0 Å². The fourth-order valence-corrected chi connectivity index (χ4v) is 3.73. The fourth-order valence-electron chi connectivity index (χ4n) is 2.56. The number of Topliss-reactive ketones (excluding diaryl/α,β-unsaturated/α-hetero) is 1. The van der Waals surface area contributed by atoms with Gasteiger partial charge in [-0.1, -0.05) is 11.6 Å². The van der Waals surface area contributed by atoms with Gasteiger partial charge < -0.3 is 4.57 Å². The van der Waals surface area contributed by atoms with Crippen LogP contribution in [0.15, 0.2) is 52.5 Å². The van der Waals surface area contributed by atoms with Crippen LogP contribution in [0.3, 0.4) is 0 Å². The van der Waals surface area contributed by atoms with Crippen LogP contribution in [-0.4, -0.2) is 25.5 Å². The van der Waals surface area contributed by atoms with Gasteiger partial charge in [-0.25, -0.2) is 0 Å². The van der Waals surface area contributed by atoms with Crippen molar-refractivity contribution in [3.63, 3.8) is 0 Å². The van der Waals surface area contributed by atoms with Crippen molar-refractivity contribution in [3.05, 3.63) is 63.2 Å². The summed E-state index contributed by atoms with van der Waals surface area (Å²) in [4.78, 5) is 23.0. The van der Waals surface area contributed by atoms with E-state index < -0.39 is 4.92 Å². The second-order valence-electron chi connectivity index (χ2n) is 5.65. The average molecular weight is 403 g/mol. The number of hydrogen-bond donors (Lipinski definition) is 0. The molecule has 0 N–H and O–H groups in total. The highest BCUT2D eigenvalue weighted by atomic mass is 35.5. The Morgan fingerprint density at radius 1 is 1.22 bits per heavy atom. The van der Waals surface area contributed by atoms with Crippen LogP contribution >= 0.6 is 23.4 Å². The quantitative estimate of drug-likeness (QED) is 0.331. The van der Waals surface area contributed by atoms with E-state index in [2.05, 4.69) is 10.2 Å². The number of aromatic nitrogens is 3. The number of rotatable bonds is 6. The van der Waals surface area contributed by atoms with Crippen molar-refractivity contribution in [2.24, 2.45) is 0 Å². The minimum atomic E-state index is -0.520. The first kappa shape index (κ1) is 19.1. The van der Waals surface area contributed by atoms with Crippen molar-refractivity contribution in [3.8, 4) is 11.4 Å². The topological polar surface area (TPSA) is 90.9 Å². The second kappa shape index (κ2) is 7.89. The molecule has 0 bridgehead atoms. The predicted octanol–water partition coefficient (Wildman–Crippen LogP) is 4.88. The van der Waals surface area contributed by atoms with Gasteiger partial charge in [0, 0.05) is 39.7 Å². The molecule has 0 radical (unpaired) electrons. The Balaban J connectivity index is 2.00. The normalized spacial score (nSPS) is 10.8. The van der Waals surface area contributed by atoms with E-state index in [1.807, 2.05) is 23.6 Å². The molecule has 9 heteroatoms. The zero-order valence-corrected chi connectivity index (χ0v) is 16.1. The summed E-state index contributed by atoms with van der Waals surface area (Å²) in [5, 5.41) is 20.7. The van der Waals surface area contributed by atoms with E-state index in [9.17, 15) is 14.9 Å². The molecule has 0 fully saturated rings. The number of hydrogen-bond acceptors (Lipinski definition) is 6. The lowest BCUT2D eigenvalue weighted by molar-refractivity contribution is -0.384. The molecular formula is C18H15ClN4O3S. The molecule has 0 amide bonds. The number of nitro groups is 1. The third-order valence-corrected chi connectivity index (χ3v) is 5.20. The Morgan fingerprint density at radius 3 is 2.52 bits per heavy atom. The molecule has 0 saturated heterocycles. The number of benzene rings is 2. The molecule has 1 aromatic heterocycles. The number of nitro benzene ring substituents is 1. The zero-order valence-electron chi connectivity index (χ0n) is 14.5. The lowest BCUT2D eigenvalue weighted by Crippen LogP contribution is -2.01. The highest BCUT2D eigenvalue weighted by molar-refractivity contribution is 7.99. The molecule has 3 aromatic rings. The summed E-state index contributed by atoms with van der Waals surface area (Å²) in [6.45, 7) is 3.97. The summed E-state index contributed by atoms with van der Waals surface area (Å²) in [7, 11) is 0. The lowest BCUT2D eigenvalue weighted by atomic mass is 10.1. The van der Waals surface area contributed by atoms with Crippen molar-refractivity contribution in [1.82, 2.24) is 14.8 Å². The van der Waals surface area contributed by atoms with E-state index in [4.69, 9.17) is 11.6 Å². The molecule has 0 atom stereocenters. The first-order valence-electron chi connectivity index (χ1n) is 8.07. The van der Waals surface area contributed by atoms with Crippen LogP contribution in [-0.2, 0) is 6.54 Å². The van der Waals surface area contributed by atoms with Crippen LogP contribution < -0.4 is 0 Å². The third-order valence-electron chi connectivity index (χ3n) is 3.89. The number of halogens is 1. The molecule has 0 spiro atoms. The molecule has 0 aliphatic heterocycles. The number of ketones is 1. The van der Waals surface area contributed by atoms with Crippen LogP contribution in [0.25, 0.3) is 11.4 Å². The fraction of sp³-hybridized carbons (Fsp3) is 0.167. The van der Waals surface area contributed by atoms with Gasteiger partial charge in [0.15, 0.2) is 16.8 Å². The molecule has 0 saturated carbocycles. The van der Waals surface area contributed by atoms with Crippen LogP contribution in [0.1, 0.15) is 24.2 Å². The molecule has 0 aliphatic carbocycles. The first-order valence-corrected chi connectivity index (χ1v) is 9.26. The summed E-state index contributed by atoms with van der Waals surface area (Å²) < 4.78 is 1.92. The van der Waals surface area contributed by atoms with Gasteiger partial charge in [0.1, 0.15) is 0 Å². The number of carbonyl (C=O) groups excluding carboxylic acids is 1. The monoisotopic (exact) mass is 402 g/mol. The summed E-state index contributed by atoms with van der Waals surface area (Å²) in [6.07, 6.45) is 0. The average Bonchev–Trinajstić information content (AvgIpc) is 3.04. The van der Waals surface area contributed by atoms with Crippen LogP contribution in [0, 0.1) is 10.1 Å². The minimum absolute atomic E-state index is 0.122. The van der Waals surface area contributed by atoms with Crippen molar-refractivity contribution in [2.45, 2.75) is 30.4 Å². The van der Waals surface area contributed by atoms with Crippen LogP contribution in [0.4, 0.5) is 5.69 Å². The summed E-state index contributed by atoms with van der Waals surface area (Å²) >= 11 is 7.19. The highest BCUT2D eigenvalue weighted by Crippen LogP contribution is 2.34. The standard InChI is InChI=1S/C18H15ClN4O3S/c1-3-22-17(12-4-6-13(19)7-5-12)20-21-18(22)27-16-9-8-14(23(25)26)10-15(16)11(2)24/h4-10H,3H2,1-2H3. The van der Waals surface area contributed by atoms with E-state index in [0.29, 0.717) is 27.4 Å². The van der Waals surface area contributed by atoms with Gasteiger partial charge in [-0.3, -0.25) is 14.9 Å². The lowest BCUT2D eigenvalue weighted by Gasteiger charge is -2.09. The van der Waals surface area contributed by atoms with E-state index in [0.717, 1.165) is 5.56 Å². The Bertz CT molecular complexity index is 1020. The maximum atomic E-state index is 12.0. The Labute approximate surface area is 164 Å². The molecular weight excluding hydrogens is 388 g/mol. The van der Waals surface area contributed by atoms with Gasteiger partial charge in [-0.15, -0.1) is 10.2 Å². The molecule has 2 aromatic carbocycles. The zero-order chi connectivity index (χ0) is 19.6. The number of carbonyl (C=O) groups is 1.